The molecule has 0 aliphatic carbocycles. The lowest BCUT2D eigenvalue weighted by Gasteiger charge is -2.17. The fourth-order valence-electron chi connectivity index (χ4n) is 1.39. The van der Waals surface area contributed by atoms with E-state index in [1.807, 2.05) is 30.3 Å². The standard InChI is InChI=1S/C13H20N2O2.ClH/c1-15(13(16)8-5-9-14)10-11-17-12-6-3-2-4-7-12;/h2-4,6-7H,5,8-11,14H2,1H3;1H. The van der Waals surface area contributed by atoms with Crippen LogP contribution in [0, 0.1) is 0 Å². The Hall–Kier alpha value is -1.26. The Bertz CT molecular complexity index is 333. The summed E-state index contributed by atoms with van der Waals surface area (Å²) in [5.41, 5.74) is 5.36. The molecule has 0 fully saturated rings. The zero-order chi connectivity index (χ0) is 12.5. The first-order valence-corrected chi connectivity index (χ1v) is 5.86. The molecule has 1 aromatic rings. The van der Waals surface area contributed by atoms with Crippen molar-refractivity contribution in [3.05, 3.63) is 30.3 Å². The second-order valence-electron chi connectivity index (χ2n) is 3.87. The Morgan fingerprint density at radius 3 is 2.61 bits per heavy atom. The summed E-state index contributed by atoms with van der Waals surface area (Å²) in [7, 11) is 1.78. The lowest BCUT2D eigenvalue weighted by molar-refractivity contribution is -0.130. The molecular weight excluding hydrogens is 252 g/mol. The molecule has 0 aromatic heterocycles. The first kappa shape index (κ1) is 16.7. The molecule has 0 radical (unpaired) electrons. The van der Waals surface area contributed by atoms with Gasteiger partial charge >= 0.3 is 0 Å². The number of carbonyl (C=O) groups is 1. The molecule has 0 aliphatic rings. The number of amides is 1. The number of carbonyl (C=O) groups excluding carboxylic acids is 1. The maximum absolute atomic E-state index is 11.6. The van der Waals surface area contributed by atoms with Gasteiger partial charge < -0.3 is 15.4 Å². The van der Waals surface area contributed by atoms with Crippen molar-refractivity contribution >= 4 is 18.3 Å². The van der Waals surface area contributed by atoms with Crippen LogP contribution in [0.4, 0.5) is 0 Å². The number of nitrogens with zero attached hydrogens (tertiary/aromatic N) is 1. The topological polar surface area (TPSA) is 55.6 Å². The fraction of sp³-hybridized carbons (Fsp3) is 0.462. The van der Waals surface area contributed by atoms with Crippen molar-refractivity contribution < 1.29 is 9.53 Å². The highest BCUT2D eigenvalue weighted by molar-refractivity contribution is 5.85. The zero-order valence-electron chi connectivity index (χ0n) is 10.7. The minimum absolute atomic E-state index is 0. The molecule has 0 atom stereocenters. The van der Waals surface area contributed by atoms with Crippen molar-refractivity contribution in [2.24, 2.45) is 5.73 Å². The van der Waals surface area contributed by atoms with Crippen LogP contribution in [0.5, 0.6) is 5.75 Å². The second kappa shape index (κ2) is 9.74. The van der Waals surface area contributed by atoms with Gasteiger partial charge in [-0.25, -0.2) is 0 Å². The van der Waals surface area contributed by atoms with Crippen molar-refractivity contribution in [3.63, 3.8) is 0 Å². The first-order chi connectivity index (χ1) is 8.24. The molecule has 1 amide bonds. The van der Waals surface area contributed by atoms with E-state index in [1.165, 1.54) is 0 Å². The van der Waals surface area contributed by atoms with Crippen molar-refractivity contribution in [1.82, 2.24) is 4.90 Å². The van der Waals surface area contributed by atoms with Crippen molar-refractivity contribution in [2.75, 3.05) is 26.7 Å². The summed E-state index contributed by atoms with van der Waals surface area (Å²) in [6.45, 7) is 1.66. The Morgan fingerprint density at radius 2 is 2.00 bits per heavy atom. The molecule has 0 bridgehead atoms. The van der Waals surface area contributed by atoms with Crippen LogP contribution in [0.25, 0.3) is 0 Å². The van der Waals surface area contributed by atoms with E-state index in [0.29, 0.717) is 26.1 Å². The number of hydrogen-bond acceptors (Lipinski definition) is 3. The molecule has 0 aliphatic heterocycles. The van der Waals surface area contributed by atoms with Gasteiger partial charge in [0.2, 0.25) is 5.91 Å². The zero-order valence-corrected chi connectivity index (χ0v) is 11.5. The average Bonchev–Trinajstić information content (AvgIpc) is 2.37. The third-order valence-corrected chi connectivity index (χ3v) is 2.46. The van der Waals surface area contributed by atoms with E-state index in [1.54, 1.807) is 11.9 Å². The maximum Gasteiger partial charge on any atom is 0.222 e. The molecule has 4 nitrogen and oxygen atoms in total. The van der Waals surface area contributed by atoms with Gasteiger partial charge in [-0.1, -0.05) is 18.2 Å². The number of para-hydroxylation sites is 1. The van der Waals surface area contributed by atoms with Crippen LogP contribution in [0.2, 0.25) is 0 Å². The SMILES string of the molecule is CN(CCOc1ccccc1)C(=O)CCCN.Cl. The molecule has 102 valence electrons. The number of benzene rings is 1. The molecule has 18 heavy (non-hydrogen) atoms. The van der Waals surface area contributed by atoms with E-state index in [-0.39, 0.29) is 18.3 Å². The highest BCUT2D eigenvalue weighted by Crippen LogP contribution is 2.07. The van der Waals surface area contributed by atoms with Gasteiger partial charge in [0.05, 0.1) is 6.54 Å². The number of halogens is 1. The number of rotatable bonds is 7. The van der Waals surface area contributed by atoms with Gasteiger partial charge in [-0.2, -0.15) is 0 Å². The number of likely N-dealkylation sites (N-methyl/N-ethyl adjacent to an activating group) is 1. The van der Waals surface area contributed by atoms with Crippen molar-refractivity contribution in [3.8, 4) is 5.75 Å². The van der Waals surface area contributed by atoms with Crippen LogP contribution in [-0.2, 0) is 4.79 Å². The Labute approximate surface area is 115 Å². The normalized spacial score (nSPS) is 9.44. The lowest BCUT2D eigenvalue weighted by Crippen LogP contribution is -2.31. The molecule has 5 heteroatoms. The molecule has 0 saturated carbocycles. The summed E-state index contributed by atoms with van der Waals surface area (Å²) in [5.74, 6) is 0.947. The summed E-state index contributed by atoms with van der Waals surface area (Å²) in [4.78, 5) is 13.2. The minimum atomic E-state index is 0. The Kier molecular flexibility index (Phi) is 9.06. The molecular formula is C13H21ClN2O2. The van der Waals surface area contributed by atoms with Crippen LogP contribution >= 0.6 is 12.4 Å². The number of hydrogen-bond donors (Lipinski definition) is 1. The molecule has 1 rings (SSSR count). The summed E-state index contributed by atoms with van der Waals surface area (Å²) in [5, 5.41) is 0. The van der Waals surface area contributed by atoms with E-state index < -0.39 is 0 Å². The second-order valence-corrected chi connectivity index (χ2v) is 3.87. The van der Waals surface area contributed by atoms with Crippen LogP contribution < -0.4 is 10.5 Å². The van der Waals surface area contributed by atoms with Crippen LogP contribution in [0.1, 0.15) is 12.8 Å². The van der Waals surface area contributed by atoms with E-state index in [0.717, 1.165) is 12.2 Å². The summed E-state index contributed by atoms with van der Waals surface area (Å²) >= 11 is 0. The van der Waals surface area contributed by atoms with Crippen molar-refractivity contribution in [1.29, 1.82) is 0 Å². The average molecular weight is 273 g/mol. The van der Waals surface area contributed by atoms with E-state index in [4.69, 9.17) is 10.5 Å². The molecule has 0 heterocycles. The fourth-order valence-corrected chi connectivity index (χ4v) is 1.39. The highest BCUT2D eigenvalue weighted by atomic mass is 35.5. The third-order valence-electron chi connectivity index (χ3n) is 2.46. The van der Waals surface area contributed by atoms with Gasteiger partial charge in [0, 0.05) is 13.5 Å². The van der Waals surface area contributed by atoms with Crippen LogP contribution in [0.15, 0.2) is 30.3 Å². The van der Waals surface area contributed by atoms with E-state index >= 15 is 0 Å². The summed E-state index contributed by atoms with van der Waals surface area (Å²) in [6, 6.07) is 9.58. The maximum atomic E-state index is 11.6. The number of ether oxygens (including phenoxy) is 1. The van der Waals surface area contributed by atoms with Crippen molar-refractivity contribution in [2.45, 2.75) is 12.8 Å². The van der Waals surface area contributed by atoms with E-state index in [9.17, 15) is 4.79 Å². The largest absolute Gasteiger partial charge is 0.492 e. The highest BCUT2D eigenvalue weighted by Gasteiger charge is 2.07. The summed E-state index contributed by atoms with van der Waals surface area (Å²) < 4.78 is 5.51. The predicted octanol–water partition coefficient (Wildman–Crippen LogP) is 1.68. The smallest absolute Gasteiger partial charge is 0.222 e. The molecule has 0 spiro atoms. The van der Waals surface area contributed by atoms with Gasteiger partial charge in [0.25, 0.3) is 0 Å². The molecule has 0 saturated heterocycles. The third kappa shape index (κ3) is 6.47. The molecule has 1 aromatic carbocycles. The van der Waals surface area contributed by atoms with E-state index in [2.05, 4.69) is 0 Å². The Balaban J connectivity index is 0.00000289. The monoisotopic (exact) mass is 272 g/mol. The number of nitrogens with two attached hydrogens (primary N) is 1. The van der Waals surface area contributed by atoms with Crippen LogP contribution in [0.3, 0.4) is 0 Å². The van der Waals surface area contributed by atoms with Gasteiger partial charge in [-0.3, -0.25) is 4.79 Å². The van der Waals surface area contributed by atoms with Gasteiger partial charge in [-0.15, -0.1) is 12.4 Å². The minimum Gasteiger partial charge on any atom is -0.492 e. The first-order valence-electron chi connectivity index (χ1n) is 5.86. The predicted molar refractivity (Wildman–Crippen MR) is 75.1 cm³/mol. The quantitative estimate of drug-likeness (QED) is 0.822. The lowest BCUT2D eigenvalue weighted by atomic mass is 10.3. The van der Waals surface area contributed by atoms with Gasteiger partial charge in [-0.05, 0) is 25.1 Å². The Morgan fingerprint density at radius 1 is 1.33 bits per heavy atom. The van der Waals surface area contributed by atoms with Gasteiger partial charge in [0.1, 0.15) is 12.4 Å². The van der Waals surface area contributed by atoms with Crippen LogP contribution in [-0.4, -0.2) is 37.6 Å². The van der Waals surface area contributed by atoms with Gasteiger partial charge in [0.15, 0.2) is 0 Å². The molecule has 0 unspecified atom stereocenters. The summed E-state index contributed by atoms with van der Waals surface area (Å²) in [6.07, 6.45) is 1.25. The molecule has 2 N–H and O–H groups in total.